The van der Waals surface area contributed by atoms with Gasteiger partial charge in [0.1, 0.15) is 0 Å². The van der Waals surface area contributed by atoms with Gasteiger partial charge in [0, 0.05) is 34.9 Å². The van der Waals surface area contributed by atoms with Gasteiger partial charge in [-0.05, 0) is 61.4 Å². The minimum Gasteiger partial charge on any atom is -0.285 e. The van der Waals surface area contributed by atoms with Gasteiger partial charge in [0.2, 0.25) is 0 Å². The summed E-state index contributed by atoms with van der Waals surface area (Å²) in [5.41, 5.74) is 2.13. The van der Waals surface area contributed by atoms with E-state index in [9.17, 15) is 0 Å². The van der Waals surface area contributed by atoms with Gasteiger partial charge in [0.15, 0.2) is 0 Å². The Bertz CT molecular complexity index is 546. The Labute approximate surface area is 163 Å². The molecule has 0 aliphatic rings. The highest BCUT2D eigenvalue weighted by molar-refractivity contribution is 6.30. The summed E-state index contributed by atoms with van der Waals surface area (Å²) in [6.07, 6.45) is 1.74. The first kappa shape index (κ1) is 19.5. The van der Waals surface area contributed by atoms with Crippen LogP contribution in [0.4, 0.5) is 11.4 Å². The van der Waals surface area contributed by atoms with Crippen LogP contribution >= 0.6 is 46.4 Å². The lowest BCUT2D eigenvalue weighted by Gasteiger charge is -2.38. The Morgan fingerprint density at radius 2 is 0.917 bits per heavy atom. The molecule has 2 nitrogen and oxygen atoms in total. The number of hydrogen-bond donors (Lipinski definition) is 0. The zero-order valence-electron chi connectivity index (χ0n) is 13.3. The smallest absolute Gasteiger partial charge is 0.0575 e. The lowest BCUT2D eigenvalue weighted by atomic mass is 10.2. The lowest BCUT2D eigenvalue weighted by molar-refractivity contribution is 0.688. The molecule has 0 spiro atoms. The maximum Gasteiger partial charge on any atom is 0.0575 e. The molecule has 0 amide bonds. The number of rotatable bonds is 9. The molecule has 0 radical (unpaired) electrons. The van der Waals surface area contributed by atoms with E-state index in [4.69, 9.17) is 46.4 Å². The van der Waals surface area contributed by atoms with E-state index in [0.29, 0.717) is 11.8 Å². The van der Waals surface area contributed by atoms with Crippen LogP contribution < -0.4 is 10.0 Å². The highest BCUT2D eigenvalue weighted by Gasteiger charge is 2.17. The summed E-state index contributed by atoms with van der Waals surface area (Å²) in [5.74, 6) is 1.21. The normalized spacial score (nSPS) is 10.7. The average Bonchev–Trinajstić information content (AvgIpc) is 2.60. The quantitative estimate of drug-likeness (QED) is 0.348. The fourth-order valence-electron chi connectivity index (χ4n) is 2.42. The minimum atomic E-state index is 0.605. The number of benzene rings is 2. The first-order valence-corrected chi connectivity index (χ1v) is 9.66. The molecule has 0 saturated carbocycles. The third-order valence-corrected chi connectivity index (χ3v) is 4.59. The van der Waals surface area contributed by atoms with Gasteiger partial charge in [-0.2, -0.15) is 0 Å². The largest absolute Gasteiger partial charge is 0.285 e. The lowest BCUT2D eigenvalue weighted by Crippen LogP contribution is -2.44. The molecule has 0 aliphatic heterocycles. The molecule has 0 saturated heterocycles. The highest BCUT2D eigenvalue weighted by Crippen LogP contribution is 2.26. The Morgan fingerprint density at radius 1 is 0.583 bits per heavy atom. The van der Waals surface area contributed by atoms with Crippen LogP contribution in [0.5, 0.6) is 0 Å². The molecule has 24 heavy (non-hydrogen) atoms. The fraction of sp³-hybridized carbons (Fsp3) is 0.333. The van der Waals surface area contributed by atoms with E-state index in [0.717, 1.165) is 47.4 Å². The van der Waals surface area contributed by atoms with Gasteiger partial charge >= 0.3 is 0 Å². The molecule has 2 aromatic rings. The Kier molecular flexibility index (Phi) is 8.34. The summed E-state index contributed by atoms with van der Waals surface area (Å²) >= 11 is 23.9. The summed E-state index contributed by atoms with van der Waals surface area (Å²) in [5, 5.41) is 5.87. The second-order valence-electron chi connectivity index (χ2n) is 5.28. The fourth-order valence-corrected chi connectivity index (χ4v) is 2.91. The number of alkyl halides is 2. The van der Waals surface area contributed by atoms with Crippen molar-refractivity contribution in [1.29, 1.82) is 0 Å². The molecule has 130 valence electrons. The molecule has 6 heteroatoms. The molecular weight excluding hydrogens is 386 g/mol. The van der Waals surface area contributed by atoms with Crippen LogP contribution in [0.1, 0.15) is 12.8 Å². The van der Waals surface area contributed by atoms with E-state index in [1.807, 2.05) is 48.5 Å². The van der Waals surface area contributed by atoms with Gasteiger partial charge < -0.3 is 0 Å². The van der Waals surface area contributed by atoms with E-state index in [1.165, 1.54) is 0 Å². The topological polar surface area (TPSA) is 6.48 Å². The van der Waals surface area contributed by atoms with Crippen LogP contribution in [0.2, 0.25) is 10.0 Å². The zero-order chi connectivity index (χ0) is 17.4. The van der Waals surface area contributed by atoms with E-state index in [2.05, 4.69) is 10.0 Å². The molecule has 2 aromatic carbocycles. The van der Waals surface area contributed by atoms with Crippen LogP contribution in [-0.4, -0.2) is 24.8 Å². The number of hydrazine groups is 1. The molecule has 0 N–H and O–H groups in total. The van der Waals surface area contributed by atoms with Crippen molar-refractivity contribution in [1.82, 2.24) is 0 Å². The van der Waals surface area contributed by atoms with Crippen LogP contribution in [0, 0.1) is 0 Å². The van der Waals surface area contributed by atoms with Gasteiger partial charge in [0.05, 0.1) is 11.4 Å². The SMILES string of the molecule is ClCCCN(c1ccc(Cl)cc1)N(CCCCl)c1ccc(Cl)cc1. The van der Waals surface area contributed by atoms with Gasteiger partial charge in [-0.15, -0.1) is 23.2 Å². The Balaban J connectivity index is 2.35. The van der Waals surface area contributed by atoms with Gasteiger partial charge in [-0.3, -0.25) is 10.0 Å². The molecule has 0 heterocycles. The molecule has 0 bridgehead atoms. The van der Waals surface area contributed by atoms with Crippen LogP contribution in [0.25, 0.3) is 0 Å². The monoisotopic (exact) mass is 404 g/mol. The van der Waals surface area contributed by atoms with Crippen molar-refractivity contribution in [3.05, 3.63) is 58.6 Å². The Morgan fingerprint density at radius 3 is 1.21 bits per heavy atom. The van der Waals surface area contributed by atoms with Gasteiger partial charge in [0.25, 0.3) is 0 Å². The summed E-state index contributed by atoms with van der Waals surface area (Å²) < 4.78 is 0. The highest BCUT2D eigenvalue weighted by atomic mass is 35.5. The second-order valence-corrected chi connectivity index (χ2v) is 6.91. The van der Waals surface area contributed by atoms with E-state index in [1.54, 1.807) is 0 Å². The molecular formula is C18H20Cl4N2. The zero-order valence-corrected chi connectivity index (χ0v) is 16.3. The minimum absolute atomic E-state index is 0.605. The molecule has 2 rings (SSSR count). The number of nitrogens with zero attached hydrogens (tertiary/aromatic N) is 2. The predicted octanol–water partition coefficient (Wildman–Crippen LogP) is 6.48. The van der Waals surface area contributed by atoms with Crippen molar-refractivity contribution in [2.75, 3.05) is 34.9 Å². The number of anilines is 2. The number of halogens is 4. The molecule has 0 aromatic heterocycles. The van der Waals surface area contributed by atoms with E-state index < -0.39 is 0 Å². The summed E-state index contributed by atoms with van der Waals surface area (Å²) in [6.45, 7) is 1.60. The van der Waals surface area contributed by atoms with E-state index >= 15 is 0 Å². The van der Waals surface area contributed by atoms with Crippen molar-refractivity contribution in [2.45, 2.75) is 12.8 Å². The third-order valence-electron chi connectivity index (χ3n) is 3.55. The van der Waals surface area contributed by atoms with Crippen LogP contribution in [0.3, 0.4) is 0 Å². The van der Waals surface area contributed by atoms with Crippen LogP contribution in [-0.2, 0) is 0 Å². The molecule has 0 fully saturated rings. The van der Waals surface area contributed by atoms with E-state index in [-0.39, 0.29) is 0 Å². The Hall–Kier alpha value is -0.800. The van der Waals surface area contributed by atoms with Crippen LogP contribution in [0.15, 0.2) is 48.5 Å². The molecule has 0 unspecified atom stereocenters. The van der Waals surface area contributed by atoms with Crippen molar-refractivity contribution in [3.63, 3.8) is 0 Å². The summed E-state index contributed by atoms with van der Waals surface area (Å²) in [6, 6.07) is 15.6. The maximum atomic E-state index is 6.03. The van der Waals surface area contributed by atoms with Crippen molar-refractivity contribution < 1.29 is 0 Å². The first-order valence-electron chi connectivity index (χ1n) is 7.83. The van der Waals surface area contributed by atoms with Gasteiger partial charge in [-0.1, -0.05) is 23.2 Å². The molecule has 0 aliphatic carbocycles. The predicted molar refractivity (Wildman–Crippen MR) is 108 cm³/mol. The molecule has 0 atom stereocenters. The first-order chi connectivity index (χ1) is 11.7. The second kappa shape index (κ2) is 10.2. The van der Waals surface area contributed by atoms with Crippen molar-refractivity contribution >= 4 is 57.8 Å². The average molecular weight is 406 g/mol. The maximum absolute atomic E-state index is 6.03. The van der Waals surface area contributed by atoms with Crippen molar-refractivity contribution in [2.24, 2.45) is 0 Å². The standard InChI is InChI=1S/C18H20Cl4N2/c19-11-1-13-23(17-7-3-15(21)4-8-17)24(14-2-12-20)18-9-5-16(22)6-10-18/h3-10H,1-2,11-14H2. The van der Waals surface area contributed by atoms with Gasteiger partial charge in [-0.25, -0.2) is 0 Å². The summed E-state index contributed by atoms with van der Waals surface area (Å²) in [4.78, 5) is 0. The third kappa shape index (κ3) is 5.63. The number of hydrogen-bond acceptors (Lipinski definition) is 2. The van der Waals surface area contributed by atoms with Crippen molar-refractivity contribution in [3.8, 4) is 0 Å². The summed E-state index contributed by atoms with van der Waals surface area (Å²) in [7, 11) is 0.